The van der Waals surface area contributed by atoms with E-state index >= 15 is 0 Å². The van der Waals surface area contributed by atoms with Crippen molar-refractivity contribution in [1.82, 2.24) is 5.32 Å². The van der Waals surface area contributed by atoms with E-state index in [-0.39, 0.29) is 22.2 Å². The van der Waals surface area contributed by atoms with Crippen LogP contribution >= 0.6 is 11.6 Å². The SMILES string of the molecule is CNC(=O)c1ccc(Cl)c(N2C=CC=CC(C(=O)OC)=C2C(=O)OC)c1. The molecule has 0 bridgehead atoms. The first-order valence-corrected chi connectivity index (χ1v) is 7.89. The van der Waals surface area contributed by atoms with Gasteiger partial charge < -0.3 is 19.7 Å². The number of allylic oxidation sites excluding steroid dienone is 2. The Kier molecular flexibility index (Phi) is 6.19. The molecule has 1 aliphatic heterocycles. The van der Waals surface area contributed by atoms with Gasteiger partial charge in [-0.15, -0.1) is 0 Å². The van der Waals surface area contributed by atoms with Gasteiger partial charge in [0.2, 0.25) is 0 Å². The highest BCUT2D eigenvalue weighted by atomic mass is 35.5. The summed E-state index contributed by atoms with van der Waals surface area (Å²) in [4.78, 5) is 37.9. The van der Waals surface area contributed by atoms with E-state index in [1.807, 2.05) is 0 Å². The van der Waals surface area contributed by atoms with Crippen molar-refractivity contribution in [3.63, 3.8) is 0 Å². The molecule has 0 saturated heterocycles. The molecule has 0 unspecified atom stereocenters. The number of halogens is 1. The van der Waals surface area contributed by atoms with Crippen LogP contribution in [0.15, 0.2) is 53.9 Å². The third kappa shape index (κ3) is 3.78. The average molecular weight is 377 g/mol. The molecule has 0 aromatic heterocycles. The molecule has 1 amide bonds. The van der Waals surface area contributed by atoms with Crippen LogP contribution in [0, 0.1) is 0 Å². The second-order valence-electron chi connectivity index (χ2n) is 5.06. The molecule has 8 heteroatoms. The molecule has 0 atom stereocenters. The molecule has 0 aliphatic carbocycles. The van der Waals surface area contributed by atoms with Gasteiger partial charge in [0.25, 0.3) is 5.91 Å². The molecule has 1 N–H and O–H groups in total. The fraction of sp³-hybridized carbons (Fsp3) is 0.167. The zero-order chi connectivity index (χ0) is 19.3. The van der Waals surface area contributed by atoms with Gasteiger partial charge in [-0.25, -0.2) is 9.59 Å². The predicted molar refractivity (Wildman–Crippen MR) is 96.7 cm³/mol. The van der Waals surface area contributed by atoms with E-state index in [1.54, 1.807) is 18.2 Å². The molecule has 1 heterocycles. The summed E-state index contributed by atoms with van der Waals surface area (Å²) < 4.78 is 9.58. The van der Waals surface area contributed by atoms with Crippen molar-refractivity contribution in [3.8, 4) is 0 Å². The van der Waals surface area contributed by atoms with Crippen LogP contribution in [-0.4, -0.2) is 39.1 Å². The quantitative estimate of drug-likeness (QED) is 0.811. The Morgan fingerprint density at radius 3 is 2.38 bits per heavy atom. The monoisotopic (exact) mass is 376 g/mol. The topological polar surface area (TPSA) is 84.9 Å². The Labute approximate surface area is 155 Å². The molecule has 0 spiro atoms. The van der Waals surface area contributed by atoms with Crippen molar-refractivity contribution in [2.24, 2.45) is 0 Å². The minimum absolute atomic E-state index is 0.00855. The maximum atomic E-state index is 12.4. The van der Waals surface area contributed by atoms with Crippen LogP contribution in [0.25, 0.3) is 0 Å². The number of benzene rings is 1. The number of nitrogens with one attached hydrogen (secondary N) is 1. The van der Waals surface area contributed by atoms with E-state index in [1.165, 1.54) is 50.6 Å². The Balaban J connectivity index is 2.71. The second kappa shape index (κ2) is 8.35. The largest absolute Gasteiger partial charge is 0.465 e. The van der Waals surface area contributed by atoms with Gasteiger partial charge in [-0.3, -0.25) is 4.79 Å². The molecular weight excluding hydrogens is 360 g/mol. The fourth-order valence-electron chi connectivity index (χ4n) is 2.33. The number of hydrogen-bond donors (Lipinski definition) is 1. The standard InChI is InChI=1S/C18H17ClN2O5/c1-20-16(22)11-7-8-13(19)14(10-11)21-9-5-4-6-12(17(23)25-2)15(21)18(24)26-3/h4-10H,1-3H3,(H,20,22). The van der Waals surface area contributed by atoms with Gasteiger partial charge in [-0.1, -0.05) is 17.7 Å². The highest BCUT2D eigenvalue weighted by Gasteiger charge is 2.28. The van der Waals surface area contributed by atoms with Gasteiger partial charge in [0.05, 0.1) is 30.5 Å². The lowest BCUT2D eigenvalue weighted by Gasteiger charge is -2.24. The van der Waals surface area contributed by atoms with Gasteiger partial charge in [-0.2, -0.15) is 0 Å². The first-order valence-electron chi connectivity index (χ1n) is 7.51. The number of carbonyl (C=O) groups excluding carboxylic acids is 3. The Bertz CT molecular complexity index is 842. The number of hydrogen-bond acceptors (Lipinski definition) is 6. The van der Waals surface area contributed by atoms with Crippen LogP contribution in [-0.2, 0) is 19.1 Å². The van der Waals surface area contributed by atoms with E-state index in [2.05, 4.69) is 5.32 Å². The smallest absolute Gasteiger partial charge is 0.355 e. The van der Waals surface area contributed by atoms with E-state index in [4.69, 9.17) is 21.1 Å². The minimum Gasteiger partial charge on any atom is -0.465 e. The summed E-state index contributed by atoms with van der Waals surface area (Å²) in [6, 6.07) is 4.59. The Morgan fingerprint density at radius 2 is 1.77 bits per heavy atom. The summed E-state index contributed by atoms with van der Waals surface area (Å²) in [7, 11) is 3.91. The van der Waals surface area contributed by atoms with Gasteiger partial charge >= 0.3 is 11.9 Å². The molecule has 136 valence electrons. The molecule has 0 fully saturated rings. The van der Waals surface area contributed by atoms with Crippen molar-refractivity contribution >= 4 is 35.1 Å². The number of esters is 2. The van der Waals surface area contributed by atoms with Gasteiger partial charge in [0, 0.05) is 18.8 Å². The van der Waals surface area contributed by atoms with Crippen molar-refractivity contribution in [2.45, 2.75) is 0 Å². The molecule has 1 aromatic rings. The summed E-state index contributed by atoms with van der Waals surface area (Å²) in [5, 5.41) is 2.79. The molecular formula is C18H17ClN2O5. The van der Waals surface area contributed by atoms with Crippen LogP contribution in [0.1, 0.15) is 10.4 Å². The fourth-order valence-corrected chi connectivity index (χ4v) is 2.54. The number of methoxy groups -OCH3 is 2. The number of anilines is 1. The van der Waals surface area contributed by atoms with Crippen LogP contribution in [0.2, 0.25) is 5.02 Å². The second-order valence-corrected chi connectivity index (χ2v) is 5.47. The van der Waals surface area contributed by atoms with E-state index in [9.17, 15) is 14.4 Å². The number of carbonyl (C=O) groups is 3. The third-order valence-electron chi connectivity index (χ3n) is 3.58. The third-order valence-corrected chi connectivity index (χ3v) is 3.90. The van der Waals surface area contributed by atoms with E-state index in [0.717, 1.165) is 0 Å². The van der Waals surface area contributed by atoms with Crippen molar-refractivity contribution in [1.29, 1.82) is 0 Å². The lowest BCUT2D eigenvalue weighted by Crippen LogP contribution is -2.27. The minimum atomic E-state index is -0.761. The zero-order valence-electron chi connectivity index (χ0n) is 14.4. The highest BCUT2D eigenvalue weighted by molar-refractivity contribution is 6.33. The first kappa shape index (κ1) is 19.3. The number of rotatable bonds is 4. The molecule has 0 radical (unpaired) electrons. The first-order chi connectivity index (χ1) is 12.4. The molecule has 2 rings (SSSR count). The number of ether oxygens (including phenoxy) is 2. The lowest BCUT2D eigenvalue weighted by molar-refractivity contribution is -0.139. The lowest BCUT2D eigenvalue weighted by atomic mass is 10.1. The molecule has 1 aromatic carbocycles. The van der Waals surface area contributed by atoms with E-state index < -0.39 is 11.9 Å². The summed E-state index contributed by atoms with van der Waals surface area (Å²) in [6.45, 7) is 0. The van der Waals surface area contributed by atoms with Gasteiger partial charge in [-0.05, 0) is 30.4 Å². The Morgan fingerprint density at radius 1 is 1.08 bits per heavy atom. The molecule has 0 saturated carbocycles. The van der Waals surface area contributed by atoms with E-state index in [0.29, 0.717) is 11.3 Å². The van der Waals surface area contributed by atoms with Crippen LogP contribution < -0.4 is 10.2 Å². The van der Waals surface area contributed by atoms with Crippen molar-refractivity contribution in [3.05, 3.63) is 64.5 Å². The average Bonchev–Trinajstić information content (AvgIpc) is 2.89. The summed E-state index contributed by atoms with van der Waals surface area (Å²) in [6.07, 6.45) is 6.16. The molecule has 1 aliphatic rings. The van der Waals surface area contributed by atoms with Gasteiger partial charge in [0.15, 0.2) is 0 Å². The normalized spacial score (nSPS) is 13.3. The van der Waals surface area contributed by atoms with Crippen LogP contribution in [0.3, 0.4) is 0 Å². The number of nitrogens with zero attached hydrogens (tertiary/aromatic N) is 1. The van der Waals surface area contributed by atoms with Crippen LogP contribution in [0.4, 0.5) is 5.69 Å². The van der Waals surface area contributed by atoms with Crippen molar-refractivity contribution in [2.75, 3.05) is 26.2 Å². The summed E-state index contributed by atoms with van der Waals surface area (Å²) >= 11 is 6.29. The zero-order valence-corrected chi connectivity index (χ0v) is 15.2. The summed E-state index contributed by atoms with van der Waals surface area (Å²) in [5.74, 6) is -1.80. The molecule has 7 nitrogen and oxygen atoms in total. The van der Waals surface area contributed by atoms with Crippen molar-refractivity contribution < 1.29 is 23.9 Å². The highest BCUT2D eigenvalue weighted by Crippen LogP contribution is 2.33. The maximum absolute atomic E-state index is 12.4. The van der Waals surface area contributed by atoms with Crippen LogP contribution in [0.5, 0.6) is 0 Å². The van der Waals surface area contributed by atoms with Gasteiger partial charge in [0.1, 0.15) is 5.70 Å². The predicted octanol–water partition coefficient (Wildman–Crippen LogP) is 2.19. The molecule has 26 heavy (non-hydrogen) atoms. The summed E-state index contributed by atoms with van der Waals surface area (Å²) in [5.41, 5.74) is 0.571. The maximum Gasteiger partial charge on any atom is 0.355 e. The Hall–Kier alpha value is -3.06. The number of amides is 1.